The summed E-state index contributed by atoms with van der Waals surface area (Å²) in [6.45, 7) is 1.51. The van der Waals surface area contributed by atoms with Crippen LogP contribution in [0.4, 0.5) is 0 Å². The van der Waals surface area contributed by atoms with E-state index in [1.165, 1.54) is 32.2 Å². The lowest BCUT2D eigenvalue weighted by Crippen LogP contribution is -2.31. The molecule has 1 unspecified atom stereocenters. The van der Waals surface area contributed by atoms with Gasteiger partial charge in [0.25, 0.3) is 5.09 Å². The van der Waals surface area contributed by atoms with Gasteiger partial charge in [-0.2, -0.15) is 0 Å². The average Bonchev–Trinajstić information content (AvgIpc) is 2.57. The molecule has 138 valence electrons. The third-order valence-electron chi connectivity index (χ3n) is 2.95. The number of benzene rings is 1. The van der Waals surface area contributed by atoms with Gasteiger partial charge in [-0.1, -0.05) is 0 Å². The second-order valence-electron chi connectivity index (χ2n) is 4.98. The molecule has 0 aromatic heterocycles. The number of nitrogens with zero attached hydrogens (tertiary/aromatic N) is 1. The molecule has 1 atom stereocenters. The van der Waals surface area contributed by atoms with Crippen LogP contribution in [0.25, 0.3) is 0 Å². The zero-order valence-corrected chi connectivity index (χ0v) is 13.9. The van der Waals surface area contributed by atoms with Gasteiger partial charge in [0.15, 0.2) is 11.5 Å². The van der Waals surface area contributed by atoms with E-state index in [-0.39, 0.29) is 30.3 Å². The highest BCUT2D eigenvalue weighted by molar-refractivity contribution is 5.90. The van der Waals surface area contributed by atoms with Gasteiger partial charge in [-0.3, -0.25) is 0 Å². The number of rotatable bonds is 10. The average molecular weight is 356 g/mol. The SMILES string of the molecule is COc1cc(C(=O)OCCCCO[N+](=O)[O-])ccc1OC(=O)C(C)N. The third-order valence-corrected chi connectivity index (χ3v) is 2.95. The molecule has 0 saturated heterocycles. The van der Waals surface area contributed by atoms with Gasteiger partial charge in [-0.15, -0.1) is 10.1 Å². The van der Waals surface area contributed by atoms with Crippen molar-refractivity contribution in [1.29, 1.82) is 0 Å². The largest absolute Gasteiger partial charge is 0.493 e. The Labute approximate surface area is 143 Å². The molecule has 0 radical (unpaired) electrons. The van der Waals surface area contributed by atoms with Crippen LogP contribution in [0.2, 0.25) is 0 Å². The Morgan fingerprint density at radius 2 is 1.92 bits per heavy atom. The minimum Gasteiger partial charge on any atom is -0.493 e. The number of methoxy groups -OCH3 is 1. The van der Waals surface area contributed by atoms with Crippen LogP contribution in [0.3, 0.4) is 0 Å². The van der Waals surface area contributed by atoms with Gasteiger partial charge >= 0.3 is 11.9 Å². The van der Waals surface area contributed by atoms with Gasteiger partial charge in [0, 0.05) is 0 Å². The lowest BCUT2D eigenvalue weighted by molar-refractivity contribution is -0.757. The second kappa shape index (κ2) is 10.1. The van der Waals surface area contributed by atoms with E-state index in [4.69, 9.17) is 19.9 Å². The van der Waals surface area contributed by atoms with E-state index in [2.05, 4.69) is 4.84 Å². The van der Waals surface area contributed by atoms with Crippen LogP contribution in [0.1, 0.15) is 30.1 Å². The highest BCUT2D eigenvalue weighted by Crippen LogP contribution is 2.28. The molecule has 10 nitrogen and oxygen atoms in total. The molecular weight excluding hydrogens is 336 g/mol. The van der Waals surface area contributed by atoms with Crippen molar-refractivity contribution in [3.8, 4) is 11.5 Å². The normalized spacial score (nSPS) is 11.3. The lowest BCUT2D eigenvalue weighted by Gasteiger charge is -2.12. The molecule has 2 N–H and O–H groups in total. The maximum atomic E-state index is 12.0. The molecule has 1 aromatic rings. The monoisotopic (exact) mass is 356 g/mol. The summed E-state index contributed by atoms with van der Waals surface area (Å²) < 4.78 is 15.2. The first-order chi connectivity index (χ1) is 11.8. The first-order valence-corrected chi connectivity index (χ1v) is 7.45. The summed E-state index contributed by atoms with van der Waals surface area (Å²) in [6.07, 6.45) is 0.796. The number of carbonyl (C=O) groups excluding carboxylic acids is 2. The quantitative estimate of drug-likeness (QED) is 0.214. The Kier molecular flexibility index (Phi) is 8.13. The Balaban J connectivity index is 2.56. The molecule has 0 heterocycles. The third kappa shape index (κ3) is 7.04. The van der Waals surface area contributed by atoms with Crippen molar-refractivity contribution >= 4 is 11.9 Å². The second-order valence-corrected chi connectivity index (χ2v) is 4.98. The Morgan fingerprint density at radius 1 is 1.24 bits per heavy atom. The Morgan fingerprint density at radius 3 is 2.52 bits per heavy atom. The Bertz CT molecular complexity index is 618. The topological polar surface area (TPSA) is 140 Å². The minimum atomic E-state index is -0.877. The van der Waals surface area contributed by atoms with Gasteiger partial charge in [0.2, 0.25) is 0 Å². The smallest absolute Gasteiger partial charge is 0.338 e. The number of unbranched alkanes of at least 4 members (excludes halogenated alkanes) is 1. The molecule has 0 amide bonds. The molecule has 1 aromatic carbocycles. The van der Waals surface area contributed by atoms with Crippen molar-refractivity contribution in [3.63, 3.8) is 0 Å². The zero-order chi connectivity index (χ0) is 18.8. The molecule has 1 rings (SSSR count). The molecule has 0 aliphatic rings. The van der Waals surface area contributed by atoms with Crippen LogP contribution >= 0.6 is 0 Å². The standard InChI is InChI=1S/C15H20N2O8/c1-10(16)14(18)25-12-6-5-11(9-13(12)22-2)15(19)23-7-3-4-8-24-17(20)21/h5-6,9-10H,3-4,7-8,16H2,1-2H3. The maximum absolute atomic E-state index is 12.0. The van der Waals surface area contributed by atoms with E-state index in [0.29, 0.717) is 12.8 Å². The van der Waals surface area contributed by atoms with Crippen molar-refractivity contribution < 1.29 is 33.7 Å². The predicted octanol–water partition coefficient (Wildman–Crippen LogP) is 1.09. The van der Waals surface area contributed by atoms with Crippen LogP contribution in [-0.2, 0) is 14.4 Å². The molecule has 0 saturated carbocycles. The van der Waals surface area contributed by atoms with Crippen molar-refractivity contribution in [2.24, 2.45) is 5.73 Å². The lowest BCUT2D eigenvalue weighted by atomic mass is 10.2. The molecule has 0 spiro atoms. The fraction of sp³-hybridized carbons (Fsp3) is 0.467. The number of esters is 2. The molecule has 0 bridgehead atoms. The van der Waals surface area contributed by atoms with E-state index < -0.39 is 23.1 Å². The molecular formula is C15H20N2O8. The number of ether oxygens (including phenoxy) is 3. The van der Waals surface area contributed by atoms with E-state index in [9.17, 15) is 19.7 Å². The van der Waals surface area contributed by atoms with Crippen LogP contribution in [0.5, 0.6) is 11.5 Å². The fourth-order valence-electron chi connectivity index (χ4n) is 1.67. The van der Waals surface area contributed by atoms with Crippen LogP contribution in [0.15, 0.2) is 18.2 Å². The maximum Gasteiger partial charge on any atom is 0.338 e. The predicted molar refractivity (Wildman–Crippen MR) is 84.7 cm³/mol. The van der Waals surface area contributed by atoms with Gasteiger partial charge in [-0.05, 0) is 38.0 Å². The van der Waals surface area contributed by atoms with Gasteiger partial charge < -0.3 is 24.8 Å². The van der Waals surface area contributed by atoms with Gasteiger partial charge in [0.05, 0.1) is 25.9 Å². The summed E-state index contributed by atoms with van der Waals surface area (Å²) in [5.41, 5.74) is 5.63. The van der Waals surface area contributed by atoms with Gasteiger partial charge in [-0.25, -0.2) is 9.59 Å². The summed E-state index contributed by atoms with van der Waals surface area (Å²) >= 11 is 0. The molecule has 0 aliphatic heterocycles. The van der Waals surface area contributed by atoms with Crippen molar-refractivity contribution in [1.82, 2.24) is 0 Å². The summed E-state index contributed by atoms with van der Waals surface area (Å²) in [5, 5.41) is 9.09. The summed E-state index contributed by atoms with van der Waals surface area (Å²) in [7, 11) is 1.36. The van der Waals surface area contributed by atoms with Crippen molar-refractivity contribution in [3.05, 3.63) is 33.9 Å². The van der Waals surface area contributed by atoms with E-state index >= 15 is 0 Å². The van der Waals surface area contributed by atoms with Crippen LogP contribution in [0, 0.1) is 10.1 Å². The van der Waals surface area contributed by atoms with Gasteiger partial charge in [0.1, 0.15) is 6.04 Å². The fourth-order valence-corrected chi connectivity index (χ4v) is 1.67. The molecule has 0 aliphatic carbocycles. The van der Waals surface area contributed by atoms with E-state index in [1.54, 1.807) is 0 Å². The first kappa shape index (κ1) is 20.2. The minimum absolute atomic E-state index is 0.0575. The molecule has 25 heavy (non-hydrogen) atoms. The summed E-state index contributed by atoms with van der Waals surface area (Å²) in [4.78, 5) is 37.6. The van der Waals surface area contributed by atoms with Crippen LogP contribution < -0.4 is 15.2 Å². The molecule has 0 fully saturated rings. The van der Waals surface area contributed by atoms with Crippen molar-refractivity contribution in [2.45, 2.75) is 25.8 Å². The number of hydrogen-bond donors (Lipinski definition) is 1. The first-order valence-electron chi connectivity index (χ1n) is 7.45. The summed E-state index contributed by atoms with van der Waals surface area (Å²) in [6, 6.07) is 3.40. The number of carbonyl (C=O) groups is 2. The van der Waals surface area contributed by atoms with E-state index in [1.807, 2.05) is 0 Å². The summed E-state index contributed by atoms with van der Waals surface area (Å²) in [5.74, 6) is -0.912. The number of hydrogen-bond acceptors (Lipinski definition) is 9. The highest BCUT2D eigenvalue weighted by atomic mass is 16.9. The Hall–Kier alpha value is -2.88. The highest BCUT2D eigenvalue weighted by Gasteiger charge is 2.16. The number of nitrogens with two attached hydrogens (primary N) is 1. The van der Waals surface area contributed by atoms with Crippen molar-refractivity contribution in [2.75, 3.05) is 20.3 Å². The zero-order valence-electron chi connectivity index (χ0n) is 13.9. The van der Waals surface area contributed by atoms with Crippen LogP contribution in [-0.4, -0.2) is 43.4 Å². The van der Waals surface area contributed by atoms with E-state index in [0.717, 1.165) is 0 Å². The molecule has 10 heteroatoms.